The molecule has 1 rings (SSSR count). The van der Waals surface area contributed by atoms with Crippen molar-refractivity contribution >= 4 is 23.3 Å². The second-order valence-corrected chi connectivity index (χ2v) is 4.12. The summed E-state index contributed by atoms with van der Waals surface area (Å²) in [5.74, 6) is -0.845. The number of non-ortho nitro benzene ring substituents is 1. The quantitative estimate of drug-likeness (QED) is 0.488. The van der Waals surface area contributed by atoms with E-state index >= 15 is 0 Å². The number of rotatable bonds is 6. The molecule has 114 valence electrons. The van der Waals surface area contributed by atoms with E-state index in [0.717, 1.165) is 0 Å². The number of carbonyl (C=O) groups is 2. The summed E-state index contributed by atoms with van der Waals surface area (Å²) in [5, 5.41) is 13.2. The molecule has 0 radical (unpaired) electrons. The Balaban J connectivity index is 2.90. The second kappa shape index (κ2) is 7.22. The van der Waals surface area contributed by atoms with Gasteiger partial charge in [-0.25, -0.2) is 0 Å². The van der Waals surface area contributed by atoms with Crippen molar-refractivity contribution in [3.63, 3.8) is 0 Å². The lowest BCUT2D eigenvalue weighted by Crippen LogP contribution is -2.29. The molecule has 0 saturated carbocycles. The van der Waals surface area contributed by atoms with Crippen molar-refractivity contribution in [3.05, 3.63) is 28.3 Å². The number of hydrogen-bond acceptors (Lipinski definition) is 6. The van der Waals surface area contributed by atoms with Crippen LogP contribution in [-0.2, 0) is 14.3 Å². The molecule has 1 N–H and O–H groups in total. The van der Waals surface area contributed by atoms with Crippen molar-refractivity contribution in [1.29, 1.82) is 0 Å². The molecular weight excluding hydrogens is 280 g/mol. The van der Waals surface area contributed by atoms with Gasteiger partial charge in [-0.1, -0.05) is 6.92 Å². The van der Waals surface area contributed by atoms with Crippen molar-refractivity contribution in [1.82, 2.24) is 0 Å². The highest BCUT2D eigenvalue weighted by Gasteiger charge is 2.20. The van der Waals surface area contributed by atoms with Crippen LogP contribution in [0.5, 0.6) is 5.75 Å². The van der Waals surface area contributed by atoms with E-state index in [-0.39, 0.29) is 23.5 Å². The van der Waals surface area contributed by atoms with Crippen LogP contribution in [0.25, 0.3) is 0 Å². The zero-order valence-electron chi connectivity index (χ0n) is 11.9. The third-order valence-electron chi connectivity index (χ3n) is 2.62. The maximum Gasteiger partial charge on any atom is 0.306 e. The van der Waals surface area contributed by atoms with Crippen molar-refractivity contribution in [2.45, 2.75) is 26.4 Å². The van der Waals surface area contributed by atoms with Gasteiger partial charge in [0.15, 0.2) is 6.10 Å². The molecule has 1 atom stereocenters. The van der Waals surface area contributed by atoms with Crippen molar-refractivity contribution in [3.8, 4) is 5.75 Å². The molecule has 8 nitrogen and oxygen atoms in total. The van der Waals surface area contributed by atoms with Gasteiger partial charge in [0.25, 0.3) is 11.6 Å². The molecule has 0 bridgehead atoms. The van der Waals surface area contributed by atoms with Crippen LogP contribution in [0.15, 0.2) is 18.2 Å². The second-order valence-electron chi connectivity index (χ2n) is 4.12. The molecule has 21 heavy (non-hydrogen) atoms. The van der Waals surface area contributed by atoms with Crippen LogP contribution in [0.1, 0.15) is 20.3 Å². The van der Waals surface area contributed by atoms with Gasteiger partial charge in [0, 0.05) is 18.6 Å². The zero-order chi connectivity index (χ0) is 16.0. The van der Waals surface area contributed by atoms with Crippen LogP contribution in [0.4, 0.5) is 11.4 Å². The van der Waals surface area contributed by atoms with E-state index in [4.69, 9.17) is 9.47 Å². The topological polar surface area (TPSA) is 108 Å². The number of hydrogen-bond donors (Lipinski definition) is 1. The molecule has 1 amide bonds. The highest BCUT2D eigenvalue weighted by Crippen LogP contribution is 2.29. The summed E-state index contributed by atoms with van der Waals surface area (Å²) in [6.07, 6.45) is -0.862. The Labute approximate surface area is 121 Å². The lowest BCUT2D eigenvalue weighted by atomic mass is 10.2. The molecule has 0 unspecified atom stereocenters. The Morgan fingerprint density at radius 2 is 2.10 bits per heavy atom. The Hall–Kier alpha value is -2.64. The fourth-order valence-electron chi connectivity index (χ4n) is 1.48. The molecule has 0 fully saturated rings. The highest BCUT2D eigenvalue weighted by atomic mass is 16.6. The third-order valence-corrected chi connectivity index (χ3v) is 2.62. The lowest BCUT2D eigenvalue weighted by molar-refractivity contribution is -0.384. The minimum absolute atomic E-state index is 0.135. The number of anilines is 1. The van der Waals surface area contributed by atoms with Gasteiger partial charge >= 0.3 is 5.97 Å². The minimum Gasteiger partial charge on any atom is -0.495 e. The van der Waals surface area contributed by atoms with Crippen molar-refractivity contribution in [2.24, 2.45) is 0 Å². The van der Waals surface area contributed by atoms with Crippen LogP contribution in [-0.4, -0.2) is 30.0 Å². The number of nitro groups is 1. The molecule has 0 heterocycles. The Bertz CT molecular complexity index is 558. The molecule has 0 aliphatic heterocycles. The number of ether oxygens (including phenoxy) is 2. The van der Waals surface area contributed by atoms with Gasteiger partial charge in [-0.05, 0) is 13.0 Å². The van der Waals surface area contributed by atoms with Crippen LogP contribution in [0, 0.1) is 10.1 Å². The fourth-order valence-corrected chi connectivity index (χ4v) is 1.48. The lowest BCUT2D eigenvalue weighted by Gasteiger charge is -2.14. The van der Waals surface area contributed by atoms with E-state index in [1.54, 1.807) is 6.92 Å². The standard InChI is InChI=1S/C13H16N2O6/c1-4-12(16)21-8(2)13(17)14-10-7-9(15(18)19)5-6-11(10)20-3/h5-8H,4H2,1-3H3,(H,14,17)/t8-/m0/s1. The molecule has 0 saturated heterocycles. The molecule has 1 aromatic carbocycles. The summed E-state index contributed by atoms with van der Waals surface area (Å²) in [7, 11) is 1.37. The molecule has 0 aliphatic carbocycles. The third kappa shape index (κ3) is 4.44. The van der Waals surface area contributed by atoms with Crippen LogP contribution >= 0.6 is 0 Å². The van der Waals surface area contributed by atoms with Crippen molar-refractivity contribution < 1.29 is 24.0 Å². The average Bonchev–Trinajstić information content (AvgIpc) is 2.46. The van der Waals surface area contributed by atoms with E-state index in [9.17, 15) is 19.7 Å². The Morgan fingerprint density at radius 3 is 2.62 bits per heavy atom. The number of nitrogens with zero attached hydrogens (tertiary/aromatic N) is 1. The molecule has 1 aromatic rings. The molecule has 0 aromatic heterocycles. The number of nitrogens with one attached hydrogen (secondary N) is 1. The van der Waals surface area contributed by atoms with Crippen LogP contribution < -0.4 is 10.1 Å². The zero-order valence-corrected chi connectivity index (χ0v) is 11.9. The van der Waals surface area contributed by atoms with Gasteiger partial charge in [0.1, 0.15) is 5.75 Å². The normalized spacial score (nSPS) is 11.4. The van der Waals surface area contributed by atoms with Crippen LogP contribution in [0.2, 0.25) is 0 Å². The first-order valence-corrected chi connectivity index (χ1v) is 6.21. The average molecular weight is 296 g/mol. The summed E-state index contributed by atoms with van der Waals surface area (Å²) < 4.78 is 9.88. The summed E-state index contributed by atoms with van der Waals surface area (Å²) in [6, 6.07) is 3.80. The Kier molecular flexibility index (Phi) is 5.65. The molecular formula is C13H16N2O6. The number of esters is 1. The number of benzene rings is 1. The summed E-state index contributed by atoms with van der Waals surface area (Å²) >= 11 is 0. The van der Waals surface area contributed by atoms with Crippen LogP contribution in [0.3, 0.4) is 0 Å². The van der Waals surface area contributed by atoms with Gasteiger partial charge in [-0.3, -0.25) is 19.7 Å². The van der Waals surface area contributed by atoms with E-state index in [2.05, 4.69) is 5.32 Å². The highest BCUT2D eigenvalue weighted by molar-refractivity contribution is 5.96. The fraction of sp³-hybridized carbons (Fsp3) is 0.385. The van der Waals surface area contributed by atoms with Gasteiger partial charge in [0.05, 0.1) is 17.7 Å². The van der Waals surface area contributed by atoms with Gasteiger partial charge in [0.2, 0.25) is 0 Å². The van der Waals surface area contributed by atoms with Gasteiger partial charge in [-0.2, -0.15) is 0 Å². The molecule has 0 spiro atoms. The van der Waals surface area contributed by atoms with E-state index in [1.807, 2.05) is 0 Å². The number of nitro benzene ring substituents is 1. The van der Waals surface area contributed by atoms with E-state index < -0.39 is 22.9 Å². The maximum absolute atomic E-state index is 11.9. The summed E-state index contributed by atoms with van der Waals surface area (Å²) in [5.41, 5.74) is -0.0552. The predicted molar refractivity (Wildman–Crippen MR) is 74.1 cm³/mol. The predicted octanol–water partition coefficient (Wildman–Crippen LogP) is 1.88. The number of amides is 1. The minimum atomic E-state index is -1.01. The maximum atomic E-state index is 11.9. The van der Waals surface area contributed by atoms with E-state index in [1.165, 1.54) is 32.2 Å². The van der Waals surface area contributed by atoms with Gasteiger partial charge in [-0.15, -0.1) is 0 Å². The summed E-state index contributed by atoms with van der Waals surface area (Å²) in [4.78, 5) is 33.2. The smallest absolute Gasteiger partial charge is 0.306 e. The first-order valence-electron chi connectivity index (χ1n) is 6.21. The Morgan fingerprint density at radius 1 is 1.43 bits per heavy atom. The number of carbonyl (C=O) groups excluding carboxylic acids is 2. The molecule has 0 aliphatic rings. The monoisotopic (exact) mass is 296 g/mol. The summed E-state index contributed by atoms with van der Waals surface area (Å²) in [6.45, 7) is 3.02. The van der Waals surface area contributed by atoms with Crippen molar-refractivity contribution in [2.75, 3.05) is 12.4 Å². The van der Waals surface area contributed by atoms with Gasteiger partial charge < -0.3 is 14.8 Å². The SMILES string of the molecule is CCC(=O)O[C@@H](C)C(=O)Nc1cc([N+](=O)[O-])ccc1OC. The van der Waals surface area contributed by atoms with E-state index in [0.29, 0.717) is 0 Å². The molecule has 8 heteroatoms. The first kappa shape index (κ1) is 16.4. The number of methoxy groups -OCH3 is 1. The largest absolute Gasteiger partial charge is 0.495 e. The first-order chi connectivity index (χ1) is 9.88.